The molecule has 0 amide bonds. The molecule has 0 aliphatic carbocycles. The molecular formula is C70H47N. The van der Waals surface area contributed by atoms with Gasteiger partial charge < -0.3 is 4.90 Å². The third-order valence-corrected chi connectivity index (χ3v) is 14.3. The fourth-order valence-corrected chi connectivity index (χ4v) is 10.9. The first-order valence-electron chi connectivity index (χ1n) is 24.5. The lowest BCUT2D eigenvalue weighted by Crippen LogP contribution is -2.12. The number of rotatable bonds is 9. The van der Waals surface area contributed by atoms with Crippen molar-refractivity contribution in [3.63, 3.8) is 0 Å². The summed E-state index contributed by atoms with van der Waals surface area (Å²) in [6.07, 6.45) is 0. The highest BCUT2D eigenvalue weighted by molar-refractivity contribution is 6.22. The topological polar surface area (TPSA) is 3.24 Å². The first kappa shape index (κ1) is 41.9. The van der Waals surface area contributed by atoms with Crippen molar-refractivity contribution in [2.45, 2.75) is 0 Å². The zero-order valence-electron chi connectivity index (χ0n) is 39.1. The van der Waals surface area contributed by atoms with Crippen LogP contribution >= 0.6 is 0 Å². The van der Waals surface area contributed by atoms with E-state index in [1.807, 2.05) is 0 Å². The van der Waals surface area contributed by atoms with Crippen LogP contribution < -0.4 is 4.90 Å². The van der Waals surface area contributed by atoms with Crippen molar-refractivity contribution in [1.29, 1.82) is 0 Å². The van der Waals surface area contributed by atoms with E-state index in [4.69, 9.17) is 0 Å². The third kappa shape index (κ3) is 7.62. The molecule has 0 radical (unpaired) electrons. The fourth-order valence-electron chi connectivity index (χ4n) is 10.9. The summed E-state index contributed by atoms with van der Waals surface area (Å²) in [6, 6.07) is 104. The smallest absolute Gasteiger partial charge is 0.0540 e. The van der Waals surface area contributed by atoms with Gasteiger partial charge in [-0.3, -0.25) is 0 Å². The zero-order valence-corrected chi connectivity index (χ0v) is 39.1. The molecule has 0 spiro atoms. The molecule has 0 unspecified atom stereocenters. The first-order valence-corrected chi connectivity index (χ1v) is 24.5. The van der Waals surface area contributed by atoms with Gasteiger partial charge in [0, 0.05) is 16.6 Å². The van der Waals surface area contributed by atoms with Crippen molar-refractivity contribution >= 4 is 60.2 Å². The van der Waals surface area contributed by atoms with Crippen molar-refractivity contribution in [2.75, 3.05) is 4.90 Å². The molecule has 0 aromatic heterocycles. The van der Waals surface area contributed by atoms with Gasteiger partial charge in [0.2, 0.25) is 0 Å². The van der Waals surface area contributed by atoms with Crippen LogP contribution in [0.1, 0.15) is 0 Å². The number of hydrogen-bond acceptors (Lipinski definition) is 1. The normalized spacial score (nSPS) is 11.4. The van der Waals surface area contributed by atoms with Crippen LogP contribution in [0.25, 0.3) is 110 Å². The number of hydrogen-bond donors (Lipinski definition) is 0. The molecule has 0 fully saturated rings. The molecule has 1 heteroatoms. The van der Waals surface area contributed by atoms with Crippen molar-refractivity contribution in [3.05, 3.63) is 285 Å². The fraction of sp³-hybridized carbons (Fsp3) is 0. The lowest BCUT2D eigenvalue weighted by molar-refractivity contribution is 1.30. The summed E-state index contributed by atoms with van der Waals surface area (Å²) in [5.41, 5.74) is 17.7. The van der Waals surface area contributed by atoms with Gasteiger partial charge in [-0.25, -0.2) is 0 Å². The van der Waals surface area contributed by atoms with Crippen LogP contribution in [0.15, 0.2) is 285 Å². The predicted octanol–water partition coefficient (Wildman–Crippen LogP) is 19.8. The number of anilines is 3. The van der Waals surface area contributed by atoms with Gasteiger partial charge in [-0.15, -0.1) is 0 Å². The SMILES string of the molecule is c1ccc(-c2ccc(N(c3ccc(-c4ccc(-c5ccc6ccccc6c5)cc4)cc3)c3ccccc3-c3ccc4c(c3)c(-c3ccccc3)c(-c3ccccc3)c3ccccc34)c3ccccc23)cc1. The molecule has 332 valence electrons. The maximum atomic E-state index is 2.47. The first-order chi connectivity index (χ1) is 35.2. The van der Waals surface area contributed by atoms with Crippen LogP contribution in [0.4, 0.5) is 17.1 Å². The standard InChI is InChI=1S/C70H47N/c1-4-19-52(20-5-1)59-44-45-68(64-29-14-12-27-61(59)64)71(58-41-38-50(39-42-58)49-32-34-51(35-33-49)56-37-36-48-18-10-11-25-55(48)46-56)67-31-17-16-26-60(67)57-40-43-63-62-28-13-15-30-65(62)69(53-21-6-2-7-22-53)70(66(63)47-57)54-23-8-3-9-24-54/h1-47H. The predicted molar refractivity (Wildman–Crippen MR) is 304 cm³/mol. The van der Waals surface area contributed by atoms with E-state index < -0.39 is 0 Å². The van der Waals surface area contributed by atoms with E-state index in [1.54, 1.807) is 0 Å². The second kappa shape index (κ2) is 18.0. The zero-order chi connectivity index (χ0) is 47.1. The summed E-state index contributed by atoms with van der Waals surface area (Å²) in [4.78, 5) is 2.47. The summed E-state index contributed by atoms with van der Waals surface area (Å²) < 4.78 is 0. The highest BCUT2D eigenvalue weighted by atomic mass is 15.1. The van der Waals surface area contributed by atoms with Crippen LogP contribution in [0.2, 0.25) is 0 Å². The Balaban J connectivity index is 0.987. The summed E-state index contributed by atoms with van der Waals surface area (Å²) in [5, 5.41) is 9.85. The van der Waals surface area contributed by atoms with E-state index in [1.165, 1.54) is 98.7 Å². The molecule has 0 aliphatic heterocycles. The lowest BCUT2D eigenvalue weighted by Gasteiger charge is -2.30. The van der Waals surface area contributed by atoms with E-state index in [9.17, 15) is 0 Å². The minimum Gasteiger partial charge on any atom is -0.309 e. The molecule has 0 bridgehead atoms. The second-order valence-electron chi connectivity index (χ2n) is 18.4. The van der Waals surface area contributed by atoms with Crippen molar-refractivity contribution in [1.82, 2.24) is 0 Å². The maximum absolute atomic E-state index is 2.47. The lowest BCUT2D eigenvalue weighted by atomic mass is 9.84. The molecule has 13 aromatic rings. The molecule has 0 aliphatic rings. The van der Waals surface area contributed by atoms with Crippen molar-refractivity contribution in [2.24, 2.45) is 0 Å². The van der Waals surface area contributed by atoms with Gasteiger partial charge in [-0.1, -0.05) is 249 Å². The van der Waals surface area contributed by atoms with Crippen LogP contribution in [-0.2, 0) is 0 Å². The summed E-state index contributed by atoms with van der Waals surface area (Å²) >= 11 is 0. The van der Waals surface area contributed by atoms with Gasteiger partial charge in [0.25, 0.3) is 0 Å². The largest absolute Gasteiger partial charge is 0.309 e. The monoisotopic (exact) mass is 901 g/mol. The second-order valence-corrected chi connectivity index (χ2v) is 18.4. The molecule has 13 rings (SSSR count). The molecule has 0 saturated heterocycles. The average Bonchev–Trinajstić information content (AvgIpc) is 3.45. The van der Waals surface area contributed by atoms with E-state index in [-0.39, 0.29) is 0 Å². The van der Waals surface area contributed by atoms with Gasteiger partial charge in [-0.2, -0.15) is 0 Å². The maximum Gasteiger partial charge on any atom is 0.0540 e. The number of para-hydroxylation sites is 1. The summed E-state index contributed by atoms with van der Waals surface area (Å²) in [7, 11) is 0. The Bertz CT molecular complexity index is 4060. The van der Waals surface area contributed by atoms with Crippen LogP contribution in [-0.4, -0.2) is 0 Å². The minimum absolute atomic E-state index is 1.08. The van der Waals surface area contributed by atoms with E-state index >= 15 is 0 Å². The van der Waals surface area contributed by atoms with Gasteiger partial charge in [0.1, 0.15) is 0 Å². The Morgan fingerprint density at radius 1 is 0.197 bits per heavy atom. The van der Waals surface area contributed by atoms with Gasteiger partial charge in [0.15, 0.2) is 0 Å². The highest BCUT2D eigenvalue weighted by Gasteiger charge is 2.23. The van der Waals surface area contributed by atoms with Crippen LogP contribution in [0, 0.1) is 0 Å². The summed E-state index contributed by atoms with van der Waals surface area (Å²) in [5.74, 6) is 0. The Morgan fingerprint density at radius 3 is 1.37 bits per heavy atom. The average molecular weight is 902 g/mol. The van der Waals surface area contributed by atoms with Crippen molar-refractivity contribution < 1.29 is 0 Å². The quantitative estimate of drug-likeness (QED) is 0.131. The molecular weight excluding hydrogens is 855 g/mol. The summed E-state index contributed by atoms with van der Waals surface area (Å²) in [6.45, 7) is 0. The molecule has 0 saturated carbocycles. The molecule has 71 heavy (non-hydrogen) atoms. The van der Waals surface area contributed by atoms with Crippen LogP contribution in [0.5, 0.6) is 0 Å². The van der Waals surface area contributed by atoms with E-state index in [0.29, 0.717) is 0 Å². The van der Waals surface area contributed by atoms with Crippen LogP contribution in [0.3, 0.4) is 0 Å². The minimum atomic E-state index is 1.08. The van der Waals surface area contributed by atoms with E-state index in [0.717, 1.165) is 28.2 Å². The van der Waals surface area contributed by atoms with Crippen molar-refractivity contribution in [3.8, 4) is 66.8 Å². The molecule has 1 nitrogen and oxygen atoms in total. The Kier molecular flexibility index (Phi) is 10.6. The molecule has 0 heterocycles. The number of benzene rings is 13. The number of nitrogens with zero attached hydrogens (tertiary/aromatic N) is 1. The van der Waals surface area contributed by atoms with Gasteiger partial charge >= 0.3 is 0 Å². The van der Waals surface area contributed by atoms with E-state index in [2.05, 4.69) is 290 Å². The number of fused-ring (bicyclic) bond motifs is 5. The Morgan fingerprint density at radius 2 is 0.676 bits per heavy atom. The molecule has 0 atom stereocenters. The third-order valence-electron chi connectivity index (χ3n) is 14.3. The molecule has 0 N–H and O–H groups in total. The highest BCUT2D eigenvalue weighted by Crippen LogP contribution is 2.49. The Labute approximate surface area is 414 Å². The van der Waals surface area contributed by atoms with Gasteiger partial charge in [-0.05, 0) is 135 Å². The molecule has 13 aromatic carbocycles. The Hall–Kier alpha value is -9.30. The van der Waals surface area contributed by atoms with Gasteiger partial charge in [0.05, 0.1) is 11.4 Å².